The zero-order valence-corrected chi connectivity index (χ0v) is 12.0. The van der Waals surface area contributed by atoms with Gasteiger partial charge in [-0.2, -0.15) is 0 Å². The molecule has 1 heterocycles. The number of carboxylic acid groups (broad SMARTS) is 1. The molecule has 0 aromatic carbocycles. The molecule has 0 aromatic rings. The SMILES string of the molecule is CC(CNC(=O)NCC(C)(C)C(=O)O)N1CCCC1. The van der Waals surface area contributed by atoms with Gasteiger partial charge in [0, 0.05) is 19.1 Å². The summed E-state index contributed by atoms with van der Waals surface area (Å²) in [6.07, 6.45) is 2.45. The number of likely N-dealkylation sites (tertiary alicyclic amines) is 1. The van der Waals surface area contributed by atoms with Crippen molar-refractivity contribution in [2.75, 3.05) is 26.2 Å². The maximum atomic E-state index is 11.6. The first-order valence-electron chi connectivity index (χ1n) is 6.82. The lowest BCUT2D eigenvalue weighted by molar-refractivity contribution is -0.146. The molecule has 19 heavy (non-hydrogen) atoms. The van der Waals surface area contributed by atoms with Crippen LogP contribution < -0.4 is 10.6 Å². The van der Waals surface area contributed by atoms with E-state index in [0.717, 1.165) is 13.1 Å². The molecular formula is C13H25N3O3. The molecule has 6 heteroatoms. The second-order valence-electron chi connectivity index (χ2n) is 5.84. The number of amides is 2. The van der Waals surface area contributed by atoms with Crippen LogP contribution in [0.3, 0.4) is 0 Å². The van der Waals surface area contributed by atoms with Gasteiger partial charge < -0.3 is 15.7 Å². The summed E-state index contributed by atoms with van der Waals surface area (Å²) in [7, 11) is 0. The fourth-order valence-corrected chi connectivity index (χ4v) is 1.99. The van der Waals surface area contributed by atoms with Crippen LogP contribution in [0, 0.1) is 5.41 Å². The maximum absolute atomic E-state index is 11.6. The van der Waals surface area contributed by atoms with Gasteiger partial charge >= 0.3 is 12.0 Å². The van der Waals surface area contributed by atoms with Crippen molar-refractivity contribution in [3.8, 4) is 0 Å². The Hall–Kier alpha value is -1.30. The fourth-order valence-electron chi connectivity index (χ4n) is 1.99. The van der Waals surface area contributed by atoms with E-state index in [1.165, 1.54) is 12.8 Å². The van der Waals surface area contributed by atoms with E-state index in [1.54, 1.807) is 13.8 Å². The van der Waals surface area contributed by atoms with E-state index >= 15 is 0 Å². The van der Waals surface area contributed by atoms with Crippen LogP contribution in [-0.4, -0.2) is 54.2 Å². The molecule has 1 aliphatic rings. The van der Waals surface area contributed by atoms with Crippen molar-refractivity contribution in [1.29, 1.82) is 0 Å². The molecule has 0 aromatic heterocycles. The van der Waals surface area contributed by atoms with Crippen LogP contribution in [-0.2, 0) is 4.79 Å². The number of hydrogen-bond donors (Lipinski definition) is 3. The van der Waals surface area contributed by atoms with Crippen LogP contribution in [0.15, 0.2) is 0 Å². The Balaban J connectivity index is 2.22. The second-order valence-corrected chi connectivity index (χ2v) is 5.84. The Labute approximate surface area is 114 Å². The molecule has 1 aliphatic heterocycles. The summed E-state index contributed by atoms with van der Waals surface area (Å²) in [5.41, 5.74) is -0.947. The van der Waals surface area contributed by atoms with Gasteiger partial charge in [0.25, 0.3) is 0 Å². The molecular weight excluding hydrogens is 246 g/mol. The summed E-state index contributed by atoms with van der Waals surface area (Å²) in [5.74, 6) is -0.918. The average Bonchev–Trinajstić information content (AvgIpc) is 2.87. The van der Waals surface area contributed by atoms with E-state index in [1.807, 2.05) is 0 Å². The van der Waals surface area contributed by atoms with Gasteiger partial charge in [-0.05, 0) is 46.7 Å². The van der Waals surface area contributed by atoms with Gasteiger partial charge in [0.05, 0.1) is 5.41 Å². The summed E-state index contributed by atoms with van der Waals surface area (Å²) in [5, 5.41) is 14.3. The van der Waals surface area contributed by atoms with Crippen molar-refractivity contribution in [2.24, 2.45) is 5.41 Å². The van der Waals surface area contributed by atoms with Crippen LogP contribution in [0.4, 0.5) is 4.79 Å². The first-order chi connectivity index (χ1) is 8.83. The number of hydrogen-bond acceptors (Lipinski definition) is 3. The molecule has 6 nitrogen and oxygen atoms in total. The average molecular weight is 271 g/mol. The molecule has 2 amide bonds. The van der Waals surface area contributed by atoms with E-state index in [9.17, 15) is 9.59 Å². The highest BCUT2D eigenvalue weighted by Crippen LogP contribution is 2.13. The predicted octanol–water partition coefficient (Wildman–Crippen LogP) is 0.881. The van der Waals surface area contributed by atoms with Crippen molar-refractivity contribution < 1.29 is 14.7 Å². The lowest BCUT2D eigenvalue weighted by Crippen LogP contribution is -2.47. The molecule has 1 rings (SSSR count). The lowest BCUT2D eigenvalue weighted by Gasteiger charge is -2.24. The van der Waals surface area contributed by atoms with Crippen molar-refractivity contribution in [3.63, 3.8) is 0 Å². The van der Waals surface area contributed by atoms with Gasteiger partial charge in [-0.15, -0.1) is 0 Å². The van der Waals surface area contributed by atoms with Crippen LogP contribution in [0.5, 0.6) is 0 Å². The molecule has 0 radical (unpaired) electrons. The zero-order valence-electron chi connectivity index (χ0n) is 12.0. The van der Waals surface area contributed by atoms with Crippen LogP contribution in [0.1, 0.15) is 33.6 Å². The molecule has 0 saturated carbocycles. The van der Waals surface area contributed by atoms with Gasteiger partial charge in [-0.3, -0.25) is 9.69 Å². The molecule has 1 atom stereocenters. The first-order valence-corrected chi connectivity index (χ1v) is 6.82. The van der Waals surface area contributed by atoms with Gasteiger partial charge in [-0.25, -0.2) is 4.79 Å². The normalized spacial score (nSPS) is 18.1. The van der Waals surface area contributed by atoms with E-state index in [4.69, 9.17) is 5.11 Å². The van der Waals surface area contributed by atoms with Crippen LogP contribution in [0.2, 0.25) is 0 Å². The van der Waals surface area contributed by atoms with E-state index in [-0.39, 0.29) is 12.6 Å². The monoisotopic (exact) mass is 271 g/mol. The number of nitrogens with one attached hydrogen (secondary N) is 2. The Kier molecular flexibility index (Phi) is 5.60. The maximum Gasteiger partial charge on any atom is 0.314 e. The van der Waals surface area contributed by atoms with Crippen LogP contribution >= 0.6 is 0 Å². The van der Waals surface area contributed by atoms with Crippen molar-refractivity contribution in [1.82, 2.24) is 15.5 Å². The third-order valence-corrected chi connectivity index (χ3v) is 3.59. The lowest BCUT2D eigenvalue weighted by atomic mass is 9.94. The Morgan fingerprint density at radius 1 is 1.26 bits per heavy atom. The van der Waals surface area contributed by atoms with Crippen molar-refractivity contribution in [2.45, 2.75) is 39.7 Å². The Morgan fingerprint density at radius 2 is 1.84 bits per heavy atom. The molecule has 0 aliphatic carbocycles. The summed E-state index contributed by atoms with van der Waals surface area (Å²) in [6, 6.07) is 0.0149. The molecule has 110 valence electrons. The van der Waals surface area contributed by atoms with E-state index in [2.05, 4.69) is 22.5 Å². The van der Waals surface area contributed by atoms with Gasteiger partial charge in [0.15, 0.2) is 0 Å². The summed E-state index contributed by atoms with van der Waals surface area (Å²) < 4.78 is 0. The number of carbonyl (C=O) groups excluding carboxylic acids is 1. The number of carboxylic acids is 1. The smallest absolute Gasteiger partial charge is 0.314 e. The van der Waals surface area contributed by atoms with E-state index in [0.29, 0.717) is 12.6 Å². The Morgan fingerprint density at radius 3 is 2.37 bits per heavy atom. The highest BCUT2D eigenvalue weighted by atomic mass is 16.4. The minimum Gasteiger partial charge on any atom is -0.481 e. The standard InChI is InChI=1S/C13H25N3O3/c1-10(16-6-4-5-7-16)8-14-12(19)15-9-13(2,3)11(17)18/h10H,4-9H2,1-3H3,(H,17,18)(H2,14,15,19). The number of aliphatic carboxylic acids is 1. The third-order valence-electron chi connectivity index (χ3n) is 3.59. The molecule has 0 spiro atoms. The van der Waals surface area contributed by atoms with Crippen LogP contribution in [0.25, 0.3) is 0 Å². The minimum atomic E-state index is -0.947. The largest absolute Gasteiger partial charge is 0.481 e. The predicted molar refractivity (Wildman–Crippen MR) is 73.1 cm³/mol. The summed E-state index contributed by atoms with van der Waals surface area (Å²) >= 11 is 0. The molecule has 1 fully saturated rings. The van der Waals surface area contributed by atoms with Crippen molar-refractivity contribution in [3.05, 3.63) is 0 Å². The summed E-state index contributed by atoms with van der Waals surface area (Å²) in [4.78, 5) is 24.8. The highest BCUT2D eigenvalue weighted by molar-refractivity contribution is 5.77. The van der Waals surface area contributed by atoms with Crippen molar-refractivity contribution >= 4 is 12.0 Å². The number of urea groups is 1. The number of carbonyl (C=O) groups is 2. The molecule has 0 bridgehead atoms. The quantitative estimate of drug-likeness (QED) is 0.670. The minimum absolute atomic E-state index is 0.117. The van der Waals surface area contributed by atoms with Gasteiger partial charge in [0.2, 0.25) is 0 Å². The zero-order chi connectivity index (χ0) is 14.5. The number of nitrogens with zero attached hydrogens (tertiary/aromatic N) is 1. The third kappa shape index (κ3) is 5.06. The fraction of sp³-hybridized carbons (Fsp3) is 0.846. The first kappa shape index (κ1) is 15.8. The van der Waals surface area contributed by atoms with Gasteiger partial charge in [-0.1, -0.05) is 0 Å². The summed E-state index contributed by atoms with van der Waals surface area (Å²) in [6.45, 7) is 8.15. The van der Waals surface area contributed by atoms with E-state index < -0.39 is 11.4 Å². The second kappa shape index (κ2) is 6.75. The highest BCUT2D eigenvalue weighted by Gasteiger charge is 2.27. The van der Waals surface area contributed by atoms with Gasteiger partial charge in [0.1, 0.15) is 0 Å². The molecule has 1 saturated heterocycles. The Bertz CT molecular complexity index is 325. The molecule has 1 unspecified atom stereocenters. The topological polar surface area (TPSA) is 81.7 Å². The molecule has 3 N–H and O–H groups in total. The number of rotatable bonds is 6.